The predicted molar refractivity (Wildman–Crippen MR) is 101 cm³/mol. The van der Waals surface area contributed by atoms with Crippen molar-refractivity contribution in [2.24, 2.45) is 0 Å². The van der Waals surface area contributed by atoms with E-state index in [2.05, 4.69) is 15.3 Å². The fourth-order valence-electron chi connectivity index (χ4n) is 3.17. The van der Waals surface area contributed by atoms with Crippen molar-refractivity contribution in [3.05, 3.63) is 64.8 Å². The molecule has 28 heavy (non-hydrogen) atoms. The summed E-state index contributed by atoms with van der Waals surface area (Å²) in [6.07, 6.45) is 5.77. The van der Waals surface area contributed by atoms with Gasteiger partial charge in [0.05, 0.1) is 30.4 Å². The van der Waals surface area contributed by atoms with E-state index < -0.39 is 17.4 Å². The van der Waals surface area contributed by atoms with Crippen molar-refractivity contribution in [2.75, 3.05) is 25.5 Å². The third-order valence-corrected chi connectivity index (χ3v) is 4.64. The van der Waals surface area contributed by atoms with E-state index in [9.17, 15) is 14.4 Å². The van der Waals surface area contributed by atoms with Gasteiger partial charge in [-0.1, -0.05) is 0 Å². The number of likely N-dealkylation sites (tertiary alicyclic amines) is 1. The zero-order chi connectivity index (χ0) is 19.7. The number of carbonyl (C=O) groups excluding carboxylic acids is 2. The number of fused-ring (bicyclic) bond motifs is 1. The predicted octanol–water partition coefficient (Wildman–Crippen LogP) is 1.67. The van der Waals surface area contributed by atoms with E-state index in [0.717, 1.165) is 0 Å². The molecule has 3 aromatic rings. The first-order chi connectivity index (χ1) is 13.6. The Bertz CT molecular complexity index is 1110. The summed E-state index contributed by atoms with van der Waals surface area (Å²) in [4.78, 5) is 47.0. The van der Waals surface area contributed by atoms with Crippen LogP contribution in [0.5, 0.6) is 0 Å². The molecule has 4 heterocycles. The molecule has 2 amide bonds. The van der Waals surface area contributed by atoms with Crippen LogP contribution in [-0.4, -0.2) is 51.6 Å². The SMILES string of the molecule is COC(=O)N1CC(n2cc(C(=O)Nc3cccnc3)c(=O)c3cccnc32)C1. The highest BCUT2D eigenvalue weighted by Crippen LogP contribution is 2.25. The van der Waals surface area contributed by atoms with Crippen LogP contribution in [-0.2, 0) is 4.74 Å². The number of amides is 2. The molecular weight excluding hydrogens is 362 g/mol. The number of methoxy groups -OCH3 is 1. The zero-order valence-corrected chi connectivity index (χ0v) is 15.0. The molecular formula is C19H17N5O4. The summed E-state index contributed by atoms with van der Waals surface area (Å²) in [5.74, 6) is -0.526. The van der Waals surface area contributed by atoms with Crippen LogP contribution in [0, 0.1) is 0 Å². The Morgan fingerprint density at radius 2 is 2.00 bits per heavy atom. The number of hydrogen-bond donors (Lipinski definition) is 1. The van der Waals surface area contributed by atoms with Gasteiger partial charge in [-0.25, -0.2) is 9.78 Å². The van der Waals surface area contributed by atoms with Crippen LogP contribution in [0.15, 0.2) is 53.8 Å². The topological polar surface area (TPSA) is 106 Å². The second kappa shape index (κ2) is 7.10. The van der Waals surface area contributed by atoms with Crippen LogP contribution in [0.1, 0.15) is 16.4 Å². The Morgan fingerprint density at radius 1 is 1.21 bits per heavy atom. The molecule has 0 bridgehead atoms. The van der Waals surface area contributed by atoms with Gasteiger partial charge in [0.25, 0.3) is 5.91 Å². The molecule has 3 aromatic heterocycles. The molecule has 1 aliphatic heterocycles. The summed E-state index contributed by atoms with van der Waals surface area (Å²) in [5.41, 5.74) is 0.566. The lowest BCUT2D eigenvalue weighted by atomic mass is 10.1. The molecule has 0 spiro atoms. The summed E-state index contributed by atoms with van der Waals surface area (Å²) in [6.45, 7) is 0.815. The van der Waals surface area contributed by atoms with Gasteiger partial charge >= 0.3 is 6.09 Å². The second-order valence-corrected chi connectivity index (χ2v) is 6.38. The van der Waals surface area contributed by atoms with Crippen LogP contribution < -0.4 is 10.7 Å². The van der Waals surface area contributed by atoms with Crippen LogP contribution in [0.3, 0.4) is 0 Å². The van der Waals surface area contributed by atoms with Gasteiger partial charge in [0.15, 0.2) is 0 Å². The first-order valence-corrected chi connectivity index (χ1v) is 8.62. The third kappa shape index (κ3) is 3.07. The first-order valence-electron chi connectivity index (χ1n) is 8.62. The normalized spacial score (nSPS) is 13.8. The number of pyridine rings is 3. The summed E-state index contributed by atoms with van der Waals surface area (Å²) in [6, 6.07) is 6.55. The number of nitrogens with zero attached hydrogens (tertiary/aromatic N) is 4. The van der Waals surface area contributed by atoms with Crippen LogP contribution in [0.2, 0.25) is 0 Å². The lowest BCUT2D eigenvalue weighted by Gasteiger charge is -2.39. The van der Waals surface area contributed by atoms with Crippen LogP contribution >= 0.6 is 0 Å². The summed E-state index contributed by atoms with van der Waals surface area (Å²) in [7, 11) is 1.33. The molecule has 9 heteroatoms. The van der Waals surface area contributed by atoms with E-state index in [1.54, 1.807) is 41.2 Å². The smallest absolute Gasteiger partial charge is 0.409 e. The fourth-order valence-corrected chi connectivity index (χ4v) is 3.17. The molecule has 1 aliphatic rings. The molecule has 1 N–H and O–H groups in total. The number of hydrogen-bond acceptors (Lipinski definition) is 6. The van der Waals surface area contributed by atoms with Crippen molar-refractivity contribution < 1.29 is 14.3 Å². The molecule has 4 rings (SSSR count). The molecule has 1 saturated heterocycles. The maximum absolute atomic E-state index is 12.8. The van der Waals surface area contributed by atoms with Gasteiger partial charge in [-0.3, -0.25) is 14.6 Å². The second-order valence-electron chi connectivity index (χ2n) is 6.38. The fraction of sp³-hybridized carbons (Fsp3) is 0.211. The molecule has 1 fully saturated rings. The molecule has 0 radical (unpaired) electrons. The van der Waals surface area contributed by atoms with E-state index >= 15 is 0 Å². The molecule has 142 valence electrons. The number of aromatic nitrogens is 3. The van der Waals surface area contributed by atoms with E-state index in [-0.39, 0.29) is 11.6 Å². The molecule has 0 unspecified atom stereocenters. The van der Waals surface area contributed by atoms with Gasteiger partial charge in [-0.2, -0.15) is 0 Å². The average molecular weight is 379 g/mol. The van der Waals surface area contributed by atoms with Gasteiger partial charge in [0.2, 0.25) is 5.43 Å². The minimum atomic E-state index is -0.526. The van der Waals surface area contributed by atoms with E-state index in [1.165, 1.54) is 24.4 Å². The molecule has 0 saturated carbocycles. The highest BCUT2D eigenvalue weighted by atomic mass is 16.5. The van der Waals surface area contributed by atoms with Gasteiger partial charge in [-0.15, -0.1) is 0 Å². The molecule has 0 aliphatic carbocycles. The lowest BCUT2D eigenvalue weighted by molar-refractivity contribution is 0.0719. The largest absolute Gasteiger partial charge is 0.453 e. The van der Waals surface area contributed by atoms with E-state index in [1.807, 2.05) is 0 Å². The number of ether oxygens (including phenoxy) is 1. The first kappa shape index (κ1) is 17.7. The maximum atomic E-state index is 12.8. The monoisotopic (exact) mass is 379 g/mol. The average Bonchev–Trinajstić information content (AvgIpc) is 2.69. The number of nitrogens with one attached hydrogen (secondary N) is 1. The van der Waals surface area contributed by atoms with Gasteiger partial charge < -0.3 is 19.5 Å². The number of carbonyl (C=O) groups is 2. The highest BCUT2D eigenvalue weighted by molar-refractivity contribution is 6.05. The zero-order valence-electron chi connectivity index (χ0n) is 15.0. The van der Waals surface area contributed by atoms with Crippen molar-refractivity contribution >= 4 is 28.7 Å². The van der Waals surface area contributed by atoms with Crippen molar-refractivity contribution in [3.63, 3.8) is 0 Å². The van der Waals surface area contributed by atoms with Gasteiger partial charge in [0, 0.05) is 31.7 Å². The van der Waals surface area contributed by atoms with Gasteiger partial charge in [0.1, 0.15) is 11.2 Å². The van der Waals surface area contributed by atoms with E-state index in [0.29, 0.717) is 29.8 Å². The van der Waals surface area contributed by atoms with Crippen LogP contribution in [0.25, 0.3) is 11.0 Å². The minimum absolute atomic E-state index is 0.000807. The minimum Gasteiger partial charge on any atom is -0.453 e. The molecule has 0 aromatic carbocycles. The Morgan fingerprint density at radius 3 is 2.71 bits per heavy atom. The Labute approximate surface area is 159 Å². The van der Waals surface area contributed by atoms with Crippen LogP contribution in [0.4, 0.5) is 10.5 Å². The standard InChI is InChI=1S/C19H17N5O4/c1-28-19(27)23-9-13(10-23)24-11-15(16(25)14-5-3-7-21-17(14)24)18(26)22-12-4-2-6-20-8-12/h2-8,11,13H,9-10H2,1H3,(H,22,26). The molecule has 0 atom stereocenters. The summed E-state index contributed by atoms with van der Waals surface area (Å²) in [5, 5.41) is 3.03. The number of anilines is 1. The third-order valence-electron chi connectivity index (χ3n) is 4.64. The van der Waals surface area contributed by atoms with Crippen molar-refractivity contribution in [1.82, 2.24) is 19.4 Å². The lowest BCUT2D eigenvalue weighted by Crippen LogP contribution is -2.51. The highest BCUT2D eigenvalue weighted by Gasteiger charge is 2.34. The van der Waals surface area contributed by atoms with Crippen molar-refractivity contribution in [1.29, 1.82) is 0 Å². The van der Waals surface area contributed by atoms with Crippen molar-refractivity contribution in [3.8, 4) is 0 Å². The Hall–Kier alpha value is -3.75. The molecule has 9 nitrogen and oxygen atoms in total. The maximum Gasteiger partial charge on any atom is 0.409 e. The van der Waals surface area contributed by atoms with E-state index in [4.69, 9.17) is 4.74 Å². The number of rotatable bonds is 3. The summed E-state index contributed by atoms with van der Waals surface area (Å²) < 4.78 is 6.49. The van der Waals surface area contributed by atoms with Gasteiger partial charge in [-0.05, 0) is 24.3 Å². The Balaban J connectivity index is 1.72. The summed E-state index contributed by atoms with van der Waals surface area (Å²) >= 11 is 0. The quantitative estimate of drug-likeness (QED) is 0.742. The van der Waals surface area contributed by atoms with Crippen molar-refractivity contribution in [2.45, 2.75) is 6.04 Å². The Kier molecular flexibility index (Phi) is 4.48.